The minimum atomic E-state index is -0.216. The molecule has 19 heavy (non-hydrogen) atoms. The molecule has 1 saturated carbocycles. The third-order valence-electron chi connectivity index (χ3n) is 3.33. The van der Waals surface area contributed by atoms with Crippen LogP contribution >= 0.6 is 0 Å². The summed E-state index contributed by atoms with van der Waals surface area (Å²) in [5.74, 6) is 0.205. The van der Waals surface area contributed by atoms with Crippen molar-refractivity contribution in [2.45, 2.75) is 45.3 Å². The van der Waals surface area contributed by atoms with Crippen molar-refractivity contribution in [3.05, 3.63) is 36.3 Å². The maximum Gasteiger partial charge on any atom is 0.170 e. The Kier molecular flexibility index (Phi) is 4.53. The molecular formula is C15H22FN3. The normalized spacial score (nSPS) is 14.7. The highest BCUT2D eigenvalue weighted by molar-refractivity contribution is 5.44. The van der Waals surface area contributed by atoms with Gasteiger partial charge in [0.25, 0.3) is 0 Å². The van der Waals surface area contributed by atoms with Crippen LogP contribution in [-0.2, 0) is 6.54 Å². The molecule has 3 nitrogen and oxygen atoms in total. The Morgan fingerprint density at radius 3 is 2.89 bits per heavy atom. The summed E-state index contributed by atoms with van der Waals surface area (Å²) in [6, 6.07) is 2.51. The van der Waals surface area contributed by atoms with Gasteiger partial charge in [-0.1, -0.05) is 6.08 Å². The first-order valence-electron chi connectivity index (χ1n) is 6.87. The monoisotopic (exact) mass is 263 g/mol. The molecule has 4 heteroatoms. The van der Waals surface area contributed by atoms with Crippen LogP contribution in [0, 0.1) is 5.82 Å². The Morgan fingerprint density at radius 1 is 1.58 bits per heavy atom. The minimum Gasteiger partial charge on any atom is -0.348 e. The summed E-state index contributed by atoms with van der Waals surface area (Å²) in [7, 11) is 0. The first-order valence-corrected chi connectivity index (χ1v) is 6.87. The number of hydrogen-bond donors (Lipinski definition) is 1. The van der Waals surface area contributed by atoms with Gasteiger partial charge in [-0.15, -0.1) is 6.58 Å². The number of nitrogens with one attached hydrogen (secondary N) is 1. The summed E-state index contributed by atoms with van der Waals surface area (Å²) < 4.78 is 14.5. The number of halogens is 1. The lowest BCUT2D eigenvalue weighted by atomic mass is 10.2. The molecule has 0 spiro atoms. The smallest absolute Gasteiger partial charge is 0.170 e. The molecule has 0 amide bonds. The van der Waals surface area contributed by atoms with E-state index in [2.05, 4.69) is 16.9 Å². The fourth-order valence-corrected chi connectivity index (χ4v) is 2.03. The number of aromatic nitrogens is 1. The molecule has 1 fully saturated rings. The van der Waals surface area contributed by atoms with Crippen LogP contribution in [0.1, 0.15) is 32.3 Å². The molecule has 1 aliphatic rings. The molecule has 1 N–H and O–H groups in total. The number of hydrogen-bond acceptors (Lipinski definition) is 3. The summed E-state index contributed by atoms with van der Waals surface area (Å²) in [6.07, 6.45) is 5.86. The summed E-state index contributed by atoms with van der Waals surface area (Å²) in [4.78, 5) is 6.12. The van der Waals surface area contributed by atoms with Gasteiger partial charge in [0, 0.05) is 36.9 Å². The maximum atomic E-state index is 14.5. The third-order valence-corrected chi connectivity index (χ3v) is 3.33. The molecule has 0 bridgehead atoms. The molecule has 104 valence electrons. The van der Waals surface area contributed by atoms with Crippen LogP contribution in [-0.4, -0.2) is 23.6 Å². The first kappa shape index (κ1) is 14.0. The van der Waals surface area contributed by atoms with Crippen molar-refractivity contribution in [2.75, 3.05) is 11.4 Å². The molecule has 2 rings (SSSR count). The number of pyridine rings is 1. The second-order valence-electron chi connectivity index (χ2n) is 5.30. The Morgan fingerprint density at radius 2 is 2.32 bits per heavy atom. The quantitative estimate of drug-likeness (QED) is 0.767. The largest absolute Gasteiger partial charge is 0.348 e. The van der Waals surface area contributed by atoms with Crippen molar-refractivity contribution >= 4 is 5.82 Å². The van der Waals surface area contributed by atoms with Gasteiger partial charge in [0.15, 0.2) is 11.6 Å². The lowest BCUT2D eigenvalue weighted by molar-refractivity contribution is 0.568. The van der Waals surface area contributed by atoms with Crippen molar-refractivity contribution in [3.8, 4) is 0 Å². The number of anilines is 1. The fourth-order valence-electron chi connectivity index (χ4n) is 2.03. The molecule has 1 aromatic heterocycles. The summed E-state index contributed by atoms with van der Waals surface area (Å²) in [6.45, 7) is 8.95. The second kappa shape index (κ2) is 6.15. The number of rotatable bonds is 7. The molecule has 0 saturated heterocycles. The predicted molar refractivity (Wildman–Crippen MR) is 76.7 cm³/mol. The zero-order valence-corrected chi connectivity index (χ0v) is 11.7. The lowest BCUT2D eigenvalue weighted by Crippen LogP contribution is -2.32. The van der Waals surface area contributed by atoms with E-state index in [0.717, 1.165) is 0 Å². The topological polar surface area (TPSA) is 28.2 Å². The zero-order valence-electron chi connectivity index (χ0n) is 11.7. The van der Waals surface area contributed by atoms with Crippen molar-refractivity contribution in [1.29, 1.82) is 0 Å². The highest BCUT2D eigenvalue weighted by Gasteiger charge is 2.22. The van der Waals surface area contributed by atoms with Crippen molar-refractivity contribution in [2.24, 2.45) is 0 Å². The standard InChI is InChI=1S/C15H22FN3/c1-4-9-19(11(2)3)15-14(16)12(7-8-17-15)10-18-13-5-6-13/h4,7-8,11,13,18H,1,5-6,9-10H2,2-3H3. The fraction of sp³-hybridized carbons (Fsp3) is 0.533. The van der Waals surface area contributed by atoms with E-state index >= 15 is 0 Å². The van der Waals surface area contributed by atoms with Gasteiger partial charge in [0.2, 0.25) is 0 Å². The summed E-state index contributed by atoms with van der Waals surface area (Å²) in [5.41, 5.74) is 0.687. The van der Waals surface area contributed by atoms with E-state index in [4.69, 9.17) is 0 Å². The van der Waals surface area contributed by atoms with E-state index in [0.29, 0.717) is 30.5 Å². The van der Waals surface area contributed by atoms with Gasteiger partial charge in [-0.2, -0.15) is 0 Å². The maximum absolute atomic E-state index is 14.5. The number of nitrogens with zero attached hydrogens (tertiary/aromatic N) is 2. The average molecular weight is 263 g/mol. The van der Waals surface area contributed by atoms with Gasteiger partial charge in [-0.05, 0) is 32.8 Å². The van der Waals surface area contributed by atoms with E-state index in [1.807, 2.05) is 18.7 Å². The lowest BCUT2D eigenvalue weighted by Gasteiger charge is -2.27. The Bertz CT molecular complexity index is 441. The predicted octanol–water partition coefficient (Wildman–Crippen LogP) is 2.87. The Labute approximate surface area is 114 Å². The van der Waals surface area contributed by atoms with Gasteiger partial charge in [-0.25, -0.2) is 9.37 Å². The highest BCUT2D eigenvalue weighted by Crippen LogP contribution is 2.23. The molecule has 1 aliphatic carbocycles. The first-order chi connectivity index (χ1) is 9.13. The second-order valence-corrected chi connectivity index (χ2v) is 5.30. The molecule has 0 aromatic carbocycles. The Hall–Kier alpha value is -1.42. The van der Waals surface area contributed by atoms with Gasteiger partial charge in [0.1, 0.15) is 0 Å². The van der Waals surface area contributed by atoms with E-state index in [1.54, 1.807) is 18.3 Å². The van der Waals surface area contributed by atoms with Crippen molar-refractivity contribution in [3.63, 3.8) is 0 Å². The van der Waals surface area contributed by atoms with E-state index in [9.17, 15) is 4.39 Å². The Balaban J connectivity index is 2.18. The third kappa shape index (κ3) is 3.53. The van der Waals surface area contributed by atoms with Gasteiger partial charge in [0.05, 0.1) is 0 Å². The molecule has 1 heterocycles. The van der Waals surface area contributed by atoms with Gasteiger partial charge in [-0.3, -0.25) is 0 Å². The minimum absolute atomic E-state index is 0.187. The summed E-state index contributed by atoms with van der Waals surface area (Å²) in [5, 5.41) is 3.33. The molecule has 0 atom stereocenters. The highest BCUT2D eigenvalue weighted by atomic mass is 19.1. The van der Waals surface area contributed by atoms with Crippen LogP contribution < -0.4 is 10.2 Å². The van der Waals surface area contributed by atoms with E-state index in [1.165, 1.54) is 12.8 Å². The van der Waals surface area contributed by atoms with Crippen LogP contribution in [0.3, 0.4) is 0 Å². The van der Waals surface area contributed by atoms with E-state index < -0.39 is 0 Å². The van der Waals surface area contributed by atoms with Crippen molar-refractivity contribution in [1.82, 2.24) is 10.3 Å². The zero-order chi connectivity index (χ0) is 13.8. The van der Waals surface area contributed by atoms with Crippen molar-refractivity contribution < 1.29 is 4.39 Å². The van der Waals surface area contributed by atoms with Crippen LogP contribution in [0.2, 0.25) is 0 Å². The van der Waals surface area contributed by atoms with Crippen LogP contribution in [0.25, 0.3) is 0 Å². The molecule has 0 aliphatic heterocycles. The van der Waals surface area contributed by atoms with Crippen LogP contribution in [0.15, 0.2) is 24.9 Å². The molecule has 0 unspecified atom stereocenters. The summed E-state index contributed by atoms with van der Waals surface area (Å²) >= 11 is 0. The molecular weight excluding hydrogens is 241 g/mol. The van der Waals surface area contributed by atoms with Crippen LogP contribution in [0.5, 0.6) is 0 Å². The van der Waals surface area contributed by atoms with E-state index in [-0.39, 0.29) is 11.9 Å². The molecule has 1 aromatic rings. The SMILES string of the molecule is C=CCN(c1nccc(CNC2CC2)c1F)C(C)C. The van der Waals surface area contributed by atoms with Gasteiger partial charge >= 0.3 is 0 Å². The van der Waals surface area contributed by atoms with Gasteiger partial charge < -0.3 is 10.2 Å². The average Bonchev–Trinajstić information content (AvgIpc) is 3.19. The van der Waals surface area contributed by atoms with Crippen LogP contribution in [0.4, 0.5) is 10.2 Å². The molecule has 0 radical (unpaired) electrons.